The van der Waals surface area contributed by atoms with Crippen molar-refractivity contribution in [2.45, 2.75) is 6.42 Å². The van der Waals surface area contributed by atoms with Gasteiger partial charge in [0, 0.05) is 54.8 Å². The lowest BCUT2D eigenvalue weighted by Gasteiger charge is -2.14. The van der Waals surface area contributed by atoms with Crippen molar-refractivity contribution in [2.75, 3.05) is 31.7 Å². The molecular formula is C8H15NO3S. The average molecular weight is 205 g/mol. The number of carbonyl (C=O) groups excluding carboxylic acids is 1. The van der Waals surface area contributed by atoms with E-state index in [2.05, 4.69) is 0 Å². The highest BCUT2D eigenvalue weighted by molar-refractivity contribution is 7.84. The SMILES string of the molecule is CS(=O)CCN1CC(CO)CC1=O. The van der Waals surface area contributed by atoms with Crippen LogP contribution in [0.5, 0.6) is 0 Å². The van der Waals surface area contributed by atoms with Gasteiger partial charge in [-0.25, -0.2) is 0 Å². The van der Waals surface area contributed by atoms with Crippen LogP contribution in [0.25, 0.3) is 0 Å². The molecule has 4 nitrogen and oxygen atoms in total. The summed E-state index contributed by atoms with van der Waals surface area (Å²) in [4.78, 5) is 13.0. The van der Waals surface area contributed by atoms with E-state index < -0.39 is 10.8 Å². The molecule has 0 aromatic heterocycles. The van der Waals surface area contributed by atoms with Gasteiger partial charge in [0.15, 0.2) is 0 Å². The maximum absolute atomic E-state index is 11.3. The molecule has 1 rings (SSSR count). The molecule has 5 heteroatoms. The van der Waals surface area contributed by atoms with E-state index in [-0.39, 0.29) is 18.4 Å². The summed E-state index contributed by atoms with van der Waals surface area (Å²) in [6, 6.07) is 0. The molecule has 1 N–H and O–H groups in total. The standard InChI is InChI=1S/C8H15NO3S/c1-13(12)3-2-9-5-7(6-10)4-8(9)11/h7,10H,2-6H2,1H3. The van der Waals surface area contributed by atoms with Crippen LogP contribution in [-0.2, 0) is 15.6 Å². The van der Waals surface area contributed by atoms with Gasteiger partial charge < -0.3 is 10.0 Å². The summed E-state index contributed by atoms with van der Waals surface area (Å²) in [7, 11) is -0.846. The Labute approximate surface area is 80.4 Å². The second-order valence-electron chi connectivity index (χ2n) is 3.37. The van der Waals surface area contributed by atoms with Crippen LogP contribution in [0.4, 0.5) is 0 Å². The first-order valence-corrected chi connectivity index (χ1v) is 6.05. The van der Waals surface area contributed by atoms with Crippen molar-refractivity contribution in [2.24, 2.45) is 5.92 Å². The molecular weight excluding hydrogens is 190 g/mol. The molecule has 0 bridgehead atoms. The molecule has 13 heavy (non-hydrogen) atoms. The highest BCUT2D eigenvalue weighted by Gasteiger charge is 2.28. The number of hydrogen-bond acceptors (Lipinski definition) is 3. The van der Waals surface area contributed by atoms with E-state index in [0.29, 0.717) is 25.3 Å². The van der Waals surface area contributed by atoms with Gasteiger partial charge in [0.2, 0.25) is 5.91 Å². The van der Waals surface area contributed by atoms with Crippen molar-refractivity contribution in [3.05, 3.63) is 0 Å². The van der Waals surface area contributed by atoms with E-state index >= 15 is 0 Å². The van der Waals surface area contributed by atoms with Crippen LogP contribution < -0.4 is 0 Å². The fourth-order valence-electron chi connectivity index (χ4n) is 1.43. The molecule has 0 radical (unpaired) electrons. The van der Waals surface area contributed by atoms with Crippen LogP contribution in [0, 0.1) is 5.92 Å². The Morgan fingerprint density at radius 3 is 2.85 bits per heavy atom. The Bertz CT molecular complexity index is 219. The van der Waals surface area contributed by atoms with Crippen molar-refractivity contribution < 1.29 is 14.1 Å². The van der Waals surface area contributed by atoms with E-state index in [1.165, 1.54) is 0 Å². The minimum atomic E-state index is -0.846. The third-order valence-electron chi connectivity index (χ3n) is 2.20. The van der Waals surface area contributed by atoms with Gasteiger partial charge in [0.25, 0.3) is 0 Å². The molecule has 2 atom stereocenters. The highest BCUT2D eigenvalue weighted by atomic mass is 32.2. The summed E-state index contributed by atoms with van der Waals surface area (Å²) in [5.41, 5.74) is 0. The van der Waals surface area contributed by atoms with Gasteiger partial charge in [-0.15, -0.1) is 0 Å². The Hall–Kier alpha value is -0.420. The van der Waals surface area contributed by atoms with E-state index in [1.807, 2.05) is 0 Å². The van der Waals surface area contributed by atoms with Crippen molar-refractivity contribution >= 4 is 16.7 Å². The number of hydrogen-bond donors (Lipinski definition) is 1. The van der Waals surface area contributed by atoms with Crippen LogP contribution in [0.1, 0.15) is 6.42 Å². The first-order valence-electron chi connectivity index (χ1n) is 4.32. The second-order valence-corrected chi connectivity index (χ2v) is 4.92. The Morgan fingerprint density at radius 2 is 2.38 bits per heavy atom. The number of aliphatic hydroxyl groups excluding tert-OH is 1. The minimum absolute atomic E-state index is 0.0669. The van der Waals surface area contributed by atoms with Gasteiger partial charge in [0.05, 0.1) is 0 Å². The normalized spacial score (nSPS) is 25.2. The van der Waals surface area contributed by atoms with E-state index in [4.69, 9.17) is 5.11 Å². The van der Waals surface area contributed by atoms with Crippen molar-refractivity contribution in [3.63, 3.8) is 0 Å². The molecule has 0 aliphatic carbocycles. The largest absolute Gasteiger partial charge is 0.396 e. The Balaban J connectivity index is 2.35. The number of carbonyl (C=O) groups is 1. The minimum Gasteiger partial charge on any atom is -0.396 e. The first kappa shape index (κ1) is 10.7. The van der Waals surface area contributed by atoms with Crippen LogP contribution >= 0.6 is 0 Å². The second kappa shape index (κ2) is 4.72. The van der Waals surface area contributed by atoms with Crippen LogP contribution in [-0.4, -0.2) is 51.8 Å². The fraction of sp³-hybridized carbons (Fsp3) is 0.875. The zero-order valence-corrected chi connectivity index (χ0v) is 8.55. The lowest BCUT2D eigenvalue weighted by atomic mass is 10.1. The lowest BCUT2D eigenvalue weighted by molar-refractivity contribution is -0.127. The van der Waals surface area contributed by atoms with E-state index in [9.17, 15) is 9.00 Å². The Morgan fingerprint density at radius 1 is 1.69 bits per heavy atom. The molecule has 0 aromatic rings. The van der Waals surface area contributed by atoms with Crippen molar-refractivity contribution in [1.82, 2.24) is 4.90 Å². The summed E-state index contributed by atoms with van der Waals surface area (Å²) in [5, 5.41) is 8.84. The molecule has 1 aliphatic rings. The summed E-state index contributed by atoms with van der Waals surface area (Å²) in [6.07, 6.45) is 2.07. The predicted molar refractivity (Wildman–Crippen MR) is 50.7 cm³/mol. The number of likely N-dealkylation sites (tertiary alicyclic amines) is 1. The molecule has 1 heterocycles. The third-order valence-corrected chi connectivity index (χ3v) is 2.96. The molecule has 1 aliphatic heterocycles. The van der Waals surface area contributed by atoms with E-state index in [1.54, 1.807) is 11.2 Å². The highest BCUT2D eigenvalue weighted by Crippen LogP contribution is 2.16. The van der Waals surface area contributed by atoms with Gasteiger partial charge in [-0.05, 0) is 0 Å². The number of nitrogens with zero attached hydrogens (tertiary/aromatic N) is 1. The van der Waals surface area contributed by atoms with Gasteiger partial charge >= 0.3 is 0 Å². The Kier molecular flexibility index (Phi) is 3.87. The number of aliphatic hydroxyl groups is 1. The van der Waals surface area contributed by atoms with Crippen molar-refractivity contribution in [3.8, 4) is 0 Å². The maximum Gasteiger partial charge on any atom is 0.223 e. The number of amides is 1. The molecule has 1 amide bonds. The summed E-state index contributed by atoms with van der Waals surface area (Å²) >= 11 is 0. The number of rotatable bonds is 4. The molecule has 0 saturated carbocycles. The smallest absolute Gasteiger partial charge is 0.223 e. The van der Waals surface area contributed by atoms with Gasteiger partial charge in [0.1, 0.15) is 0 Å². The predicted octanol–water partition coefficient (Wildman–Crippen LogP) is -0.794. The third kappa shape index (κ3) is 3.08. The topological polar surface area (TPSA) is 57.6 Å². The molecule has 2 unspecified atom stereocenters. The molecule has 1 saturated heterocycles. The monoisotopic (exact) mass is 205 g/mol. The van der Waals surface area contributed by atoms with Crippen LogP contribution in [0.2, 0.25) is 0 Å². The van der Waals surface area contributed by atoms with Crippen LogP contribution in [0.3, 0.4) is 0 Å². The van der Waals surface area contributed by atoms with Gasteiger partial charge in [-0.1, -0.05) is 0 Å². The first-order chi connectivity index (χ1) is 6.13. The average Bonchev–Trinajstić information content (AvgIpc) is 2.43. The van der Waals surface area contributed by atoms with E-state index in [0.717, 1.165) is 0 Å². The maximum atomic E-state index is 11.3. The molecule has 0 aromatic carbocycles. The summed E-state index contributed by atoms with van der Waals surface area (Å²) in [5.74, 6) is 0.687. The molecule has 76 valence electrons. The molecule has 1 fully saturated rings. The van der Waals surface area contributed by atoms with Gasteiger partial charge in [-0.2, -0.15) is 0 Å². The van der Waals surface area contributed by atoms with Gasteiger partial charge in [-0.3, -0.25) is 9.00 Å². The summed E-state index contributed by atoms with van der Waals surface area (Å²) in [6.45, 7) is 1.24. The zero-order chi connectivity index (χ0) is 9.84. The fourth-order valence-corrected chi connectivity index (χ4v) is 1.91. The van der Waals surface area contributed by atoms with Crippen LogP contribution in [0.15, 0.2) is 0 Å². The lowest BCUT2D eigenvalue weighted by Crippen LogP contribution is -2.29. The summed E-state index contributed by atoms with van der Waals surface area (Å²) < 4.78 is 10.8. The quantitative estimate of drug-likeness (QED) is 0.654. The molecule has 0 spiro atoms. The van der Waals surface area contributed by atoms with Crippen molar-refractivity contribution in [1.29, 1.82) is 0 Å². The zero-order valence-electron chi connectivity index (χ0n) is 7.73.